The van der Waals surface area contributed by atoms with Gasteiger partial charge in [-0.3, -0.25) is 4.79 Å². The first-order chi connectivity index (χ1) is 16.3. The zero-order valence-corrected chi connectivity index (χ0v) is 21.6. The first-order valence-corrected chi connectivity index (χ1v) is 12.5. The molecule has 3 aromatic rings. The molecule has 0 radical (unpaired) electrons. The second-order valence-electron chi connectivity index (χ2n) is 9.99. The van der Waals surface area contributed by atoms with Crippen molar-refractivity contribution < 1.29 is 4.79 Å². The largest absolute Gasteiger partial charge is 0.369 e. The van der Waals surface area contributed by atoms with Gasteiger partial charge in [0.15, 0.2) is 0 Å². The fourth-order valence-corrected chi connectivity index (χ4v) is 5.50. The van der Waals surface area contributed by atoms with E-state index in [1.165, 1.54) is 31.4 Å². The number of carbonyl (C=O) groups is 1. The van der Waals surface area contributed by atoms with Crippen molar-refractivity contribution in [2.75, 3.05) is 25.5 Å². The summed E-state index contributed by atoms with van der Waals surface area (Å²) in [4.78, 5) is 22.7. The molecular formula is C28H39N5O. The van der Waals surface area contributed by atoms with Gasteiger partial charge in [-0.2, -0.15) is 0 Å². The smallest absolute Gasteiger partial charge is 0.251 e. The lowest BCUT2D eigenvalue weighted by molar-refractivity contribution is 0.0950. The molecule has 182 valence electrons. The molecule has 0 unspecified atom stereocenters. The maximum Gasteiger partial charge on any atom is 0.251 e. The summed E-state index contributed by atoms with van der Waals surface area (Å²) < 4.78 is 1.99. The summed E-state index contributed by atoms with van der Waals surface area (Å²) >= 11 is 0. The molecule has 1 aliphatic carbocycles. The van der Waals surface area contributed by atoms with Gasteiger partial charge in [-0.15, -0.1) is 0 Å². The van der Waals surface area contributed by atoms with E-state index in [1.807, 2.05) is 22.9 Å². The van der Waals surface area contributed by atoms with Gasteiger partial charge in [-0.05, 0) is 102 Å². The molecule has 6 heteroatoms. The van der Waals surface area contributed by atoms with Gasteiger partial charge in [-0.1, -0.05) is 0 Å². The Morgan fingerprint density at radius 1 is 1.09 bits per heavy atom. The van der Waals surface area contributed by atoms with Gasteiger partial charge in [0.2, 0.25) is 0 Å². The van der Waals surface area contributed by atoms with E-state index in [9.17, 15) is 4.79 Å². The maximum absolute atomic E-state index is 13.4. The van der Waals surface area contributed by atoms with Gasteiger partial charge in [-0.25, -0.2) is 4.98 Å². The Kier molecular flexibility index (Phi) is 7.27. The summed E-state index contributed by atoms with van der Waals surface area (Å²) in [5.74, 6) is -0.0252. The molecule has 2 heterocycles. The molecular weight excluding hydrogens is 422 g/mol. The summed E-state index contributed by atoms with van der Waals surface area (Å²) in [7, 11) is 4.37. The van der Waals surface area contributed by atoms with Crippen LogP contribution in [0, 0.1) is 20.8 Å². The van der Waals surface area contributed by atoms with Gasteiger partial charge in [0.1, 0.15) is 5.65 Å². The predicted octanol–water partition coefficient (Wildman–Crippen LogP) is 4.89. The highest BCUT2D eigenvalue weighted by atomic mass is 16.1. The summed E-state index contributed by atoms with van der Waals surface area (Å²) in [6.07, 6.45) is 10.6. The van der Waals surface area contributed by atoms with Crippen LogP contribution in [0.3, 0.4) is 0 Å². The van der Waals surface area contributed by atoms with E-state index in [0.717, 1.165) is 40.0 Å². The number of anilines is 1. The van der Waals surface area contributed by atoms with Crippen molar-refractivity contribution in [1.29, 1.82) is 0 Å². The maximum atomic E-state index is 13.4. The molecule has 0 atom stereocenters. The van der Waals surface area contributed by atoms with Crippen molar-refractivity contribution in [1.82, 2.24) is 19.6 Å². The number of hydrogen-bond donors (Lipinski definition) is 1. The summed E-state index contributed by atoms with van der Waals surface area (Å²) in [5, 5.41) is 3.17. The molecule has 2 aromatic heterocycles. The second kappa shape index (κ2) is 10.2. The summed E-state index contributed by atoms with van der Waals surface area (Å²) in [6, 6.07) is 7.55. The Balaban J connectivity index is 1.55. The molecule has 0 bridgehead atoms. The molecule has 1 aliphatic rings. The van der Waals surface area contributed by atoms with Crippen LogP contribution in [0.2, 0.25) is 0 Å². The normalized spacial score (nSPS) is 18.4. The SMILES string of the molecule is CCN(c1cc(C)cc(C(=O)NCc2c(C)ccn3ccnc23)c1C)C1CCC(N(C)C)CC1. The Morgan fingerprint density at radius 2 is 1.79 bits per heavy atom. The molecule has 1 saturated carbocycles. The lowest BCUT2D eigenvalue weighted by atomic mass is 9.88. The van der Waals surface area contributed by atoms with E-state index in [2.05, 4.69) is 74.0 Å². The third-order valence-corrected chi connectivity index (χ3v) is 7.58. The second-order valence-corrected chi connectivity index (χ2v) is 9.99. The number of carbonyl (C=O) groups excluding carboxylic acids is 1. The average Bonchev–Trinajstić information content (AvgIpc) is 3.30. The van der Waals surface area contributed by atoms with E-state index in [-0.39, 0.29) is 5.91 Å². The number of aryl methyl sites for hydroxylation is 2. The van der Waals surface area contributed by atoms with E-state index >= 15 is 0 Å². The third-order valence-electron chi connectivity index (χ3n) is 7.58. The number of rotatable bonds is 7. The number of hydrogen-bond acceptors (Lipinski definition) is 4. The van der Waals surface area contributed by atoms with Gasteiger partial charge >= 0.3 is 0 Å². The van der Waals surface area contributed by atoms with E-state index in [0.29, 0.717) is 18.6 Å². The number of fused-ring (bicyclic) bond motifs is 1. The van der Waals surface area contributed by atoms with Crippen molar-refractivity contribution >= 4 is 17.2 Å². The molecule has 6 nitrogen and oxygen atoms in total. The molecule has 0 spiro atoms. The first-order valence-electron chi connectivity index (χ1n) is 12.5. The van der Waals surface area contributed by atoms with Gasteiger partial charge in [0.25, 0.3) is 5.91 Å². The minimum atomic E-state index is -0.0252. The zero-order valence-electron chi connectivity index (χ0n) is 21.6. The van der Waals surface area contributed by atoms with E-state index in [1.54, 1.807) is 6.20 Å². The predicted molar refractivity (Wildman–Crippen MR) is 140 cm³/mol. The van der Waals surface area contributed by atoms with Crippen LogP contribution in [0.1, 0.15) is 65.2 Å². The molecule has 1 N–H and O–H groups in total. The van der Waals surface area contributed by atoms with Crippen LogP contribution in [-0.4, -0.2) is 52.9 Å². The van der Waals surface area contributed by atoms with Crippen molar-refractivity contribution in [3.8, 4) is 0 Å². The Bertz CT molecular complexity index is 1160. The average molecular weight is 462 g/mol. The van der Waals surface area contributed by atoms with Crippen LogP contribution in [-0.2, 0) is 6.54 Å². The number of amides is 1. The number of benzene rings is 1. The van der Waals surface area contributed by atoms with E-state index < -0.39 is 0 Å². The minimum absolute atomic E-state index is 0.0252. The molecule has 4 rings (SSSR count). The summed E-state index contributed by atoms with van der Waals surface area (Å²) in [5.41, 5.74) is 7.24. The van der Waals surface area contributed by atoms with Crippen molar-refractivity contribution in [3.05, 3.63) is 64.6 Å². The first kappa shape index (κ1) is 24.3. The van der Waals surface area contributed by atoms with Crippen LogP contribution in [0.25, 0.3) is 5.65 Å². The fourth-order valence-electron chi connectivity index (χ4n) is 5.50. The van der Waals surface area contributed by atoms with Gasteiger partial charge in [0.05, 0.1) is 0 Å². The lowest BCUT2D eigenvalue weighted by Crippen LogP contribution is -2.42. The number of nitrogens with zero attached hydrogens (tertiary/aromatic N) is 4. The highest BCUT2D eigenvalue weighted by Gasteiger charge is 2.28. The number of pyridine rings is 1. The van der Waals surface area contributed by atoms with Crippen LogP contribution in [0.5, 0.6) is 0 Å². The Hall–Kier alpha value is -2.86. The molecule has 1 fully saturated rings. The van der Waals surface area contributed by atoms with Crippen LogP contribution < -0.4 is 10.2 Å². The Labute approximate surface area is 204 Å². The van der Waals surface area contributed by atoms with Gasteiger partial charge < -0.3 is 19.5 Å². The number of aromatic nitrogens is 2. The monoisotopic (exact) mass is 461 g/mol. The number of nitrogens with one attached hydrogen (secondary N) is 1. The van der Waals surface area contributed by atoms with Crippen molar-refractivity contribution in [3.63, 3.8) is 0 Å². The summed E-state index contributed by atoms with van der Waals surface area (Å²) in [6.45, 7) is 9.89. The molecule has 1 amide bonds. The van der Waals surface area contributed by atoms with Crippen LogP contribution >= 0.6 is 0 Å². The van der Waals surface area contributed by atoms with Gasteiger partial charge in [0, 0.05) is 60.6 Å². The zero-order chi connectivity index (χ0) is 24.4. The molecule has 34 heavy (non-hydrogen) atoms. The topological polar surface area (TPSA) is 52.9 Å². The minimum Gasteiger partial charge on any atom is -0.369 e. The highest BCUT2D eigenvalue weighted by molar-refractivity contribution is 5.97. The third kappa shape index (κ3) is 4.83. The Morgan fingerprint density at radius 3 is 2.47 bits per heavy atom. The fraction of sp³-hybridized carbons (Fsp3) is 0.500. The molecule has 0 saturated heterocycles. The van der Waals surface area contributed by atoms with Crippen LogP contribution in [0.4, 0.5) is 5.69 Å². The van der Waals surface area contributed by atoms with Crippen LogP contribution in [0.15, 0.2) is 36.8 Å². The molecule has 0 aliphatic heterocycles. The quantitative estimate of drug-likeness (QED) is 0.544. The highest BCUT2D eigenvalue weighted by Crippen LogP contribution is 2.33. The van der Waals surface area contributed by atoms with E-state index in [4.69, 9.17) is 0 Å². The lowest BCUT2D eigenvalue weighted by Gasteiger charge is -2.40. The molecule has 1 aromatic carbocycles. The standard InChI is InChI=1S/C28H39N5O/c1-7-33(23-10-8-22(9-11-23)31(5)6)26-17-19(2)16-24(21(26)4)28(34)30-18-25-20(3)12-14-32-15-13-29-27(25)32/h12-17,22-23H,7-11,18H2,1-6H3,(H,30,34). The van der Waals surface area contributed by atoms with Crippen molar-refractivity contribution in [2.24, 2.45) is 0 Å². The van der Waals surface area contributed by atoms with Crippen molar-refractivity contribution in [2.45, 2.75) is 72.0 Å². The number of imidazole rings is 1.